The second-order valence-electron chi connectivity index (χ2n) is 7.70. The highest BCUT2D eigenvalue weighted by Crippen LogP contribution is 2.21. The van der Waals surface area contributed by atoms with Crippen molar-refractivity contribution >= 4 is 41.5 Å². The number of rotatable bonds is 8. The molecular weight excluding hydrogens is 477 g/mol. The van der Waals surface area contributed by atoms with Crippen LogP contribution in [0.2, 0.25) is 0 Å². The summed E-state index contributed by atoms with van der Waals surface area (Å²) >= 11 is 0. The predicted octanol–water partition coefficient (Wildman–Crippen LogP) is 3.36. The van der Waals surface area contributed by atoms with E-state index in [1.165, 1.54) is 25.9 Å². The molecule has 1 atom stereocenters. The molecule has 2 saturated heterocycles. The molecular formula is C22H36IN5O. The van der Waals surface area contributed by atoms with E-state index >= 15 is 0 Å². The zero-order valence-corrected chi connectivity index (χ0v) is 20.2. The number of carbonyl (C=O) groups is 1. The lowest BCUT2D eigenvalue weighted by molar-refractivity contribution is -0.117. The van der Waals surface area contributed by atoms with Gasteiger partial charge in [0, 0.05) is 37.8 Å². The van der Waals surface area contributed by atoms with Crippen LogP contribution in [-0.2, 0) is 11.3 Å². The van der Waals surface area contributed by atoms with E-state index in [0.717, 1.165) is 49.7 Å². The molecule has 29 heavy (non-hydrogen) atoms. The van der Waals surface area contributed by atoms with Crippen LogP contribution in [0.25, 0.3) is 0 Å². The first-order chi connectivity index (χ1) is 13.7. The third-order valence-electron chi connectivity index (χ3n) is 5.72. The number of likely N-dealkylation sites (tertiary alicyclic amines) is 1. The summed E-state index contributed by atoms with van der Waals surface area (Å²) in [6, 6.07) is 8.80. The van der Waals surface area contributed by atoms with Gasteiger partial charge in [0.1, 0.15) is 0 Å². The highest BCUT2D eigenvalue weighted by molar-refractivity contribution is 14.0. The fraction of sp³-hybridized carbons (Fsp3) is 0.636. The van der Waals surface area contributed by atoms with Crippen molar-refractivity contribution in [2.45, 2.75) is 58.5 Å². The first kappa shape index (κ1) is 23.9. The minimum Gasteiger partial charge on any atom is -0.357 e. The number of aliphatic imine (C=N–C) groups is 1. The van der Waals surface area contributed by atoms with Crippen molar-refractivity contribution in [2.24, 2.45) is 4.99 Å². The first-order valence-electron chi connectivity index (χ1n) is 10.9. The number of nitrogens with one attached hydrogen (secondary N) is 2. The Morgan fingerprint density at radius 2 is 1.79 bits per heavy atom. The van der Waals surface area contributed by atoms with Gasteiger partial charge in [0.05, 0.1) is 6.54 Å². The van der Waals surface area contributed by atoms with Gasteiger partial charge in [-0.25, -0.2) is 4.99 Å². The van der Waals surface area contributed by atoms with E-state index in [1.54, 1.807) is 0 Å². The van der Waals surface area contributed by atoms with Crippen molar-refractivity contribution < 1.29 is 4.79 Å². The maximum absolute atomic E-state index is 11.9. The van der Waals surface area contributed by atoms with Crippen LogP contribution in [0.3, 0.4) is 0 Å². The summed E-state index contributed by atoms with van der Waals surface area (Å²) in [5.41, 5.74) is 2.15. The van der Waals surface area contributed by atoms with E-state index in [9.17, 15) is 4.79 Å². The molecule has 0 bridgehead atoms. The molecule has 2 aliphatic rings. The van der Waals surface area contributed by atoms with E-state index in [4.69, 9.17) is 4.99 Å². The molecule has 1 amide bonds. The molecule has 2 heterocycles. The molecule has 1 unspecified atom stereocenters. The second-order valence-corrected chi connectivity index (χ2v) is 7.70. The maximum Gasteiger partial charge on any atom is 0.227 e. The predicted molar refractivity (Wildman–Crippen MR) is 131 cm³/mol. The standard InChI is InChI=1S/C22H35N5O.HI/c1-3-19(26-13-5-6-14-26)17-25-22(23-4-2)24-16-18-9-11-20(12-10-18)27-15-7-8-21(27)28;/h9-12,19H,3-8,13-17H2,1-2H3,(H2,23,24,25);1H. The number of hydrogen-bond acceptors (Lipinski definition) is 3. The molecule has 1 aromatic carbocycles. The Balaban J connectivity index is 0.00000300. The Morgan fingerprint density at radius 1 is 1.07 bits per heavy atom. The van der Waals surface area contributed by atoms with Gasteiger partial charge in [-0.05, 0) is 63.4 Å². The summed E-state index contributed by atoms with van der Waals surface area (Å²) in [5, 5.41) is 6.88. The van der Waals surface area contributed by atoms with Gasteiger partial charge in [0.2, 0.25) is 5.91 Å². The van der Waals surface area contributed by atoms with E-state index < -0.39 is 0 Å². The molecule has 0 radical (unpaired) electrons. The SMILES string of the molecule is CCNC(=NCc1ccc(N2CCCC2=O)cc1)NCC(CC)N1CCCC1.I. The molecule has 2 aliphatic heterocycles. The first-order valence-corrected chi connectivity index (χ1v) is 10.9. The van der Waals surface area contributed by atoms with Gasteiger partial charge in [-0.1, -0.05) is 19.1 Å². The number of carbonyl (C=O) groups excluding carboxylic acids is 1. The molecule has 0 aliphatic carbocycles. The van der Waals surface area contributed by atoms with Gasteiger partial charge in [-0.15, -0.1) is 24.0 Å². The monoisotopic (exact) mass is 513 g/mol. The minimum atomic E-state index is 0. The summed E-state index contributed by atoms with van der Waals surface area (Å²) in [6.07, 6.45) is 5.43. The third kappa shape index (κ3) is 6.84. The summed E-state index contributed by atoms with van der Waals surface area (Å²) in [5.74, 6) is 1.10. The van der Waals surface area contributed by atoms with Crippen molar-refractivity contribution in [1.82, 2.24) is 15.5 Å². The van der Waals surface area contributed by atoms with Crippen molar-refractivity contribution in [1.29, 1.82) is 0 Å². The topological polar surface area (TPSA) is 60.0 Å². The van der Waals surface area contributed by atoms with Crippen LogP contribution < -0.4 is 15.5 Å². The molecule has 1 aromatic rings. The number of anilines is 1. The van der Waals surface area contributed by atoms with Gasteiger partial charge < -0.3 is 15.5 Å². The molecule has 2 N–H and O–H groups in total. The molecule has 3 rings (SSSR count). The van der Waals surface area contributed by atoms with Gasteiger partial charge in [0.25, 0.3) is 0 Å². The number of amides is 1. The van der Waals surface area contributed by atoms with Crippen molar-refractivity contribution in [2.75, 3.05) is 37.6 Å². The maximum atomic E-state index is 11.9. The quantitative estimate of drug-likeness (QED) is 0.318. The van der Waals surface area contributed by atoms with Crippen LogP contribution in [0.1, 0.15) is 51.5 Å². The molecule has 6 nitrogen and oxygen atoms in total. The third-order valence-corrected chi connectivity index (χ3v) is 5.72. The average Bonchev–Trinajstić information content (AvgIpc) is 3.39. The Hall–Kier alpha value is -1.35. The van der Waals surface area contributed by atoms with Crippen LogP contribution in [0.5, 0.6) is 0 Å². The zero-order valence-electron chi connectivity index (χ0n) is 17.8. The summed E-state index contributed by atoms with van der Waals surface area (Å²) < 4.78 is 0. The number of halogens is 1. The lowest BCUT2D eigenvalue weighted by Crippen LogP contribution is -2.46. The Bertz CT molecular complexity index is 658. The highest BCUT2D eigenvalue weighted by Gasteiger charge is 2.22. The van der Waals surface area contributed by atoms with Gasteiger partial charge in [-0.2, -0.15) is 0 Å². The van der Waals surface area contributed by atoms with Gasteiger partial charge in [0.15, 0.2) is 5.96 Å². The minimum absolute atomic E-state index is 0. The second kappa shape index (κ2) is 12.4. The molecule has 162 valence electrons. The summed E-state index contributed by atoms with van der Waals surface area (Å²) in [4.78, 5) is 21.1. The van der Waals surface area contributed by atoms with Crippen molar-refractivity contribution in [3.05, 3.63) is 29.8 Å². The molecule has 0 saturated carbocycles. The fourth-order valence-electron chi connectivity index (χ4n) is 4.07. The Labute approximate surface area is 192 Å². The molecule has 0 aromatic heterocycles. The highest BCUT2D eigenvalue weighted by atomic mass is 127. The summed E-state index contributed by atoms with van der Waals surface area (Å²) in [6.45, 7) is 10.0. The van der Waals surface area contributed by atoms with Crippen molar-refractivity contribution in [3.63, 3.8) is 0 Å². The molecule has 0 spiro atoms. The van der Waals surface area contributed by atoms with Crippen LogP contribution >= 0.6 is 24.0 Å². The number of hydrogen-bond donors (Lipinski definition) is 2. The van der Waals surface area contributed by atoms with Gasteiger partial charge in [-0.3, -0.25) is 9.69 Å². The largest absolute Gasteiger partial charge is 0.357 e. The zero-order chi connectivity index (χ0) is 19.8. The summed E-state index contributed by atoms with van der Waals surface area (Å²) in [7, 11) is 0. The number of benzene rings is 1. The van der Waals surface area contributed by atoms with Crippen LogP contribution in [0.15, 0.2) is 29.3 Å². The lowest BCUT2D eigenvalue weighted by Gasteiger charge is -2.27. The molecule has 7 heteroatoms. The normalized spacial score (nSPS) is 18.6. The fourth-order valence-corrected chi connectivity index (χ4v) is 4.07. The van der Waals surface area contributed by atoms with E-state index in [2.05, 4.69) is 41.5 Å². The smallest absolute Gasteiger partial charge is 0.227 e. The average molecular weight is 513 g/mol. The lowest BCUT2D eigenvalue weighted by atomic mass is 10.2. The Kier molecular flexibility index (Phi) is 10.2. The van der Waals surface area contributed by atoms with Crippen molar-refractivity contribution in [3.8, 4) is 0 Å². The molecule has 2 fully saturated rings. The van der Waals surface area contributed by atoms with Crippen LogP contribution in [-0.4, -0.2) is 55.5 Å². The van der Waals surface area contributed by atoms with Gasteiger partial charge >= 0.3 is 0 Å². The number of nitrogens with zero attached hydrogens (tertiary/aromatic N) is 3. The van der Waals surface area contributed by atoms with Crippen LogP contribution in [0, 0.1) is 0 Å². The number of guanidine groups is 1. The van der Waals surface area contributed by atoms with E-state index in [-0.39, 0.29) is 29.9 Å². The van der Waals surface area contributed by atoms with Crippen LogP contribution in [0.4, 0.5) is 5.69 Å². The van der Waals surface area contributed by atoms with E-state index in [0.29, 0.717) is 19.0 Å². The van der Waals surface area contributed by atoms with E-state index in [1.807, 2.05) is 17.0 Å². The Morgan fingerprint density at radius 3 is 2.38 bits per heavy atom.